The Balaban J connectivity index is 1.50. The van der Waals surface area contributed by atoms with Crippen molar-refractivity contribution in [3.05, 3.63) is 70.7 Å². The van der Waals surface area contributed by atoms with Gasteiger partial charge in [-0.2, -0.15) is 0 Å². The van der Waals surface area contributed by atoms with Gasteiger partial charge in [0.2, 0.25) is 0 Å². The van der Waals surface area contributed by atoms with Gasteiger partial charge in [0.15, 0.2) is 0 Å². The van der Waals surface area contributed by atoms with Crippen molar-refractivity contribution in [2.24, 2.45) is 0 Å². The standard InChI is InChI=1S/C19H15NO4S/c21-18(22)17-11-20-19(25-17)23-14-7-9-16-13(10-14)6-8-15(24-16)12-4-2-1-3-5-12/h1-5,7,9-11,15H,6,8H2,(H,21,22). The molecule has 126 valence electrons. The lowest BCUT2D eigenvalue weighted by molar-refractivity contribution is 0.0702. The molecule has 0 saturated carbocycles. The minimum absolute atomic E-state index is 0.0672. The molecule has 0 aliphatic carbocycles. The van der Waals surface area contributed by atoms with Crippen molar-refractivity contribution in [2.75, 3.05) is 0 Å². The van der Waals surface area contributed by atoms with Crippen LogP contribution >= 0.6 is 11.3 Å². The molecule has 0 fully saturated rings. The smallest absolute Gasteiger partial charge is 0.347 e. The van der Waals surface area contributed by atoms with E-state index in [1.165, 1.54) is 11.8 Å². The van der Waals surface area contributed by atoms with Crippen LogP contribution in [0, 0.1) is 0 Å². The lowest BCUT2D eigenvalue weighted by Gasteiger charge is -2.26. The highest BCUT2D eigenvalue weighted by atomic mass is 32.1. The molecule has 6 heteroatoms. The van der Waals surface area contributed by atoms with Gasteiger partial charge < -0.3 is 14.6 Å². The summed E-state index contributed by atoms with van der Waals surface area (Å²) in [6.45, 7) is 0. The highest BCUT2D eigenvalue weighted by Crippen LogP contribution is 2.37. The number of thiazole rings is 1. The Kier molecular flexibility index (Phi) is 4.11. The van der Waals surface area contributed by atoms with Crippen molar-refractivity contribution < 1.29 is 19.4 Å². The van der Waals surface area contributed by atoms with Crippen LogP contribution in [0.4, 0.5) is 0 Å². The number of nitrogens with zero attached hydrogens (tertiary/aromatic N) is 1. The van der Waals surface area contributed by atoms with Crippen molar-refractivity contribution in [3.8, 4) is 16.7 Å². The van der Waals surface area contributed by atoms with Crippen molar-refractivity contribution in [2.45, 2.75) is 18.9 Å². The van der Waals surface area contributed by atoms with Crippen molar-refractivity contribution in [3.63, 3.8) is 0 Å². The second-order valence-electron chi connectivity index (χ2n) is 5.72. The molecule has 3 aromatic rings. The molecule has 1 aliphatic heterocycles. The van der Waals surface area contributed by atoms with Gasteiger partial charge in [0, 0.05) is 0 Å². The number of hydrogen-bond donors (Lipinski definition) is 1. The number of aromatic nitrogens is 1. The van der Waals surface area contributed by atoms with E-state index in [9.17, 15) is 4.79 Å². The molecule has 0 spiro atoms. The normalized spacial score (nSPS) is 15.9. The third-order valence-electron chi connectivity index (χ3n) is 4.05. The molecule has 1 aromatic heterocycles. The fraction of sp³-hybridized carbons (Fsp3) is 0.158. The predicted octanol–water partition coefficient (Wildman–Crippen LogP) is 4.70. The quantitative estimate of drug-likeness (QED) is 0.736. The average molecular weight is 353 g/mol. The first kappa shape index (κ1) is 15.7. The van der Waals surface area contributed by atoms with E-state index in [0.29, 0.717) is 10.9 Å². The van der Waals surface area contributed by atoms with Crippen LogP contribution in [0.2, 0.25) is 0 Å². The molecule has 5 nitrogen and oxygen atoms in total. The average Bonchev–Trinajstić information content (AvgIpc) is 3.11. The monoisotopic (exact) mass is 353 g/mol. The van der Waals surface area contributed by atoms with Crippen molar-refractivity contribution >= 4 is 17.3 Å². The number of carbonyl (C=O) groups is 1. The van der Waals surface area contributed by atoms with Gasteiger partial charge in [-0.15, -0.1) is 0 Å². The van der Waals surface area contributed by atoms with E-state index < -0.39 is 5.97 Å². The fourth-order valence-corrected chi connectivity index (χ4v) is 3.46. The third-order valence-corrected chi connectivity index (χ3v) is 4.91. The first-order chi connectivity index (χ1) is 12.2. The predicted molar refractivity (Wildman–Crippen MR) is 93.7 cm³/mol. The van der Waals surface area contributed by atoms with Crippen LogP contribution in [0.5, 0.6) is 16.7 Å². The summed E-state index contributed by atoms with van der Waals surface area (Å²) < 4.78 is 11.8. The highest BCUT2D eigenvalue weighted by molar-refractivity contribution is 7.15. The zero-order valence-electron chi connectivity index (χ0n) is 13.2. The molecule has 0 bridgehead atoms. The summed E-state index contributed by atoms with van der Waals surface area (Å²) in [5.74, 6) is 0.489. The summed E-state index contributed by atoms with van der Waals surface area (Å²) in [4.78, 5) is 15.0. The summed E-state index contributed by atoms with van der Waals surface area (Å²) in [6.07, 6.45) is 3.16. The first-order valence-corrected chi connectivity index (χ1v) is 8.72. The van der Waals surface area contributed by atoms with E-state index in [1.54, 1.807) is 0 Å². The Morgan fingerprint density at radius 3 is 2.84 bits per heavy atom. The van der Waals surface area contributed by atoms with Gasteiger partial charge >= 0.3 is 5.97 Å². The number of carboxylic acids is 1. The SMILES string of the molecule is O=C(O)c1cnc(Oc2ccc3c(c2)CCC(c2ccccc2)O3)s1. The van der Waals surface area contributed by atoms with Crippen molar-refractivity contribution in [1.82, 2.24) is 4.98 Å². The van der Waals surface area contributed by atoms with E-state index in [4.69, 9.17) is 14.6 Å². The second-order valence-corrected chi connectivity index (χ2v) is 6.72. The summed E-state index contributed by atoms with van der Waals surface area (Å²) in [6, 6.07) is 15.8. The summed E-state index contributed by atoms with van der Waals surface area (Å²) in [5, 5.41) is 9.26. The number of benzene rings is 2. The Bertz CT molecular complexity index is 907. The number of hydrogen-bond acceptors (Lipinski definition) is 5. The molecule has 0 radical (unpaired) electrons. The Hall–Kier alpha value is -2.86. The van der Waals surface area contributed by atoms with E-state index in [1.807, 2.05) is 36.4 Å². The van der Waals surface area contributed by atoms with Gasteiger partial charge in [0.1, 0.15) is 22.5 Å². The second kappa shape index (κ2) is 6.57. The number of carboxylic acid groups (broad SMARTS) is 1. The van der Waals surface area contributed by atoms with Crippen LogP contribution in [0.1, 0.15) is 33.3 Å². The van der Waals surface area contributed by atoms with Crippen LogP contribution in [-0.4, -0.2) is 16.1 Å². The van der Waals surface area contributed by atoms with Gasteiger partial charge in [0.05, 0.1) is 6.20 Å². The van der Waals surface area contributed by atoms with Crippen LogP contribution in [0.15, 0.2) is 54.7 Å². The van der Waals surface area contributed by atoms with Gasteiger partial charge in [0.25, 0.3) is 5.19 Å². The largest absolute Gasteiger partial charge is 0.485 e. The van der Waals surface area contributed by atoms with Crippen LogP contribution in [0.3, 0.4) is 0 Å². The summed E-state index contributed by atoms with van der Waals surface area (Å²) in [5.41, 5.74) is 2.26. The first-order valence-electron chi connectivity index (χ1n) is 7.90. The van der Waals surface area contributed by atoms with Crippen molar-refractivity contribution in [1.29, 1.82) is 0 Å². The molecule has 25 heavy (non-hydrogen) atoms. The Morgan fingerprint density at radius 2 is 2.08 bits per heavy atom. The van der Waals surface area contributed by atoms with E-state index in [-0.39, 0.29) is 11.0 Å². The number of aryl methyl sites for hydroxylation is 1. The minimum Gasteiger partial charge on any atom is -0.485 e. The molecule has 0 saturated heterocycles. The van der Waals surface area contributed by atoms with Crippen LogP contribution in [0.25, 0.3) is 0 Å². The maximum atomic E-state index is 10.9. The molecular weight excluding hydrogens is 338 g/mol. The van der Waals surface area contributed by atoms with Crippen LogP contribution in [-0.2, 0) is 6.42 Å². The minimum atomic E-state index is -1.00. The number of aromatic carboxylic acids is 1. The molecule has 2 aromatic carbocycles. The van der Waals surface area contributed by atoms with E-state index in [2.05, 4.69) is 17.1 Å². The zero-order valence-corrected chi connectivity index (χ0v) is 14.0. The molecule has 2 heterocycles. The maximum absolute atomic E-state index is 10.9. The zero-order chi connectivity index (χ0) is 17.2. The number of rotatable bonds is 4. The van der Waals surface area contributed by atoms with Crippen LogP contribution < -0.4 is 9.47 Å². The van der Waals surface area contributed by atoms with Gasteiger partial charge in [-0.25, -0.2) is 9.78 Å². The lowest BCUT2D eigenvalue weighted by atomic mass is 9.97. The van der Waals surface area contributed by atoms with E-state index in [0.717, 1.165) is 35.5 Å². The highest BCUT2D eigenvalue weighted by Gasteiger charge is 2.22. The molecule has 1 atom stereocenters. The number of ether oxygens (including phenoxy) is 2. The Morgan fingerprint density at radius 1 is 1.24 bits per heavy atom. The van der Waals surface area contributed by atoms with Gasteiger partial charge in [-0.3, -0.25) is 0 Å². The number of fused-ring (bicyclic) bond motifs is 1. The molecule has 1 unspecified atom stereocenters. The topological polar surface area (TPSA) is 68.7 Å². The van der Waals surface area contributed by atoms with Gasteiger partial charge in [-0.05, 0) is 42.2 Å². The maximum Gasteiger partial charge on any atom is 0.347 e. The third kappa shape index (κ3) is 3.34. The fourth-order valence-electron chi connectivity index (χ4n) is 2.84. The molecular formula is C19H15NO4S. The lowest BCUT2D eigenvalue weighted by Crippen LogP contribution is -2.15. The molecule has 0 amide bonds. The van der Waals surface area contributed by atoms with Gasteiger partial charge in [-0.1, -0.05) is 41.7 Å². The molecule has 1 aliphatic rings. The summed E-state index contributed by atoms with van der Waals surface area (Å²) >= 11 is 1.01. The Labute approximate surface area is 148 Å². The molecule has 1 N–H and O–H groups in total. The molecule has 4 rings (SSSR count). The summed E-state index contributed by atoms with van der Waals surface area (Å²) in [7, 11) is 0. The van der Waals surface area contributed by atoms with E-state index >= 15 is 0 Å².